The number of benzene rings is 1. The first-order valence-corrected chi connectivity index (χ1v) is 8.84. The van der Waals surface area contributed by atoms with Crippen molar-refractivity contribution >= 4 is 15.8 Å². The van der Waals surface area contributed by atoms with E-state index < -0.39 is 15.8 Å². The van der Waals surface area contributed by atoms with E-state index in [1.54, 1.807) is 13.0 Å². The number of carboxylic acid groups (broad SMARTS) is 1. The molecule has 0 bridgehead atoms. The first kappa shape index (κ1) is 16.0. The Kier molecular flexibility index (Phi) is 5.00. The first-order chi connectivity index (χ1) is 9.90. The minimum absolute atomic E-state index is 0.0515. The smallest absolute Gasteiger partial charge is 0.335 e. The summed E-state index contributed by atoms with van der Waals surface area (Å²) in [6.07, 6.45) is 2.96. The first-order valence-electron chi connectivity index (χ1n) is 7.19. The number of hydrogen-bond donors (Lipinski definition) is 1. The highest BCUT2D eigenvalue weighted by Gasteiger charge is 2.19. The molecule has 0 spiro atoms. The minimum atomic E-state index is -3.41. The summed E-state index contributed by atoms with van der Waals surface area (Å²) in [4.78, 5) is 13.5. The Balaban J connectivity index is 2.04. The van der Waals surface area contributed by atoms with Gasteiger partial charge in [-0.3, -0.25) is 0 Å². The summed E-state index contributed by atoms with van der Waals surface area (Å²) >= 11 is 0. The van der Waals surface area contributed by atoms with Crippen LogP contribution >= 0.6 is 0 Å². The Labute approximate surface area is 125 Å². The Bertz CT molecular complexity index is 619. The Morgan fingerprint density at radius 3 is 2.57 bits per heavy atom. The number of carbonyl (C=O) groups is 1. The number of carboxylic acids is 1. The molecule has 1 aliphatic rings. The molecule has 5 nitrogen and oxygen atoms in total. The Morgan fingerprint density at radius 1 is 1.29 bits per heavy atom. The maximum Gasteiger partial charge on any atom is 0.335 e. The van der Waals surface area contributed by atoms with Crippen LogP contribution in [0.25, 0.3) is 0 Å². The average molecular weight is 311 g/mol. The average Bonchev–Trinajstić information content (AvgIpc) is 2.91. The second kappa shape index (κ2) is 6.58. The van der Waals surface area contributed by atoms with Gasteiger partial charge in [-0.2, -0.15) is 0 Å². The lowest BCUT2D eigenvalue weighted by Crippen LogP contribution is -2.22. The van der Waals surface area contributed by atoms with Crippen molar-refractivity contribution < 1.29 is 18.3 Å². The van der Waals surface area contributed by atoms with Gasteiger partial charge in [-0.05, 0) is 63.5 Å². The summed E-state index contributed by atoms with van der Waals surface area (Å²) < 4.78 is 24.6. The van der Waals surface area contributed by atoms with E-state index in [2.05, 4.69) is 4.90 Å². The summed E-state index contributed by atoms with van der Waals surface area (Å²) in [6.45, 7) is 4.55. The van der Waals surface area contributed by atoms with Crippen molar-refractivity contribution in [3.63, 3.8) is 0 Å². The lowest BCUT2D eigenvalue weighted by atomic mass is 10.1. The van der Waals surface area contributed by atoms with Gasteiger partial charge in [-0.1, -0.05) is 6.07 Å². The molecule has 1 N–H and O–H groups in total. The number of likely N-dealkylation sites (tertiary alicyclic amines) is 1. The van der Waals surface area contributed by atoms with Crippen LogP contribution < -0.4 is 0 Å². The number of rotatable bonds is 6. The fourth-order valence-electron chi connectivity index (χ4n) is 2.63. The zero-order valence-electron chi connectivity index (χ0n) is 12.2. The van der Waals surface area contributed by atoms with Gasteiger partial charge in [0.25, 0.3) is 0 Å². The highest BCUT2D eigenvalue weighted by Crippen LogP contribution is 2.18. The van der Waals surface area contributed by atoms with Gasteiger partial charge in [0.15, 0.2) is 9.84 Å². The van der Waals surface area contributed by atoms with Gasteiger partial charge < -0.3 is 10.0 Å². The number of aromatic carboxylic acids is 1. The second-order valence-electron chi connectivity index (χ2n) is 5.50. The van der Waals surface area contributed by atoms with E-state index in [1.165, 1.54) is 25.0 Å². The molecule has 0 atom stereocenters. The third-order valence-electron chi connectivity index (χ3n) is 3.88. The van der Waals surface area contributed by atoms with Crippen LogP contribution in [0.2, 0.25) is 0 Å². The van der Waals surface area contributed by atoms with Gasteiger partial charge in [-0.15, -0.1) is 0 Å². The van der Waals surface area contributed by atoms with Crippen LogP contribution in [0.4, 0.5) is 0 Å². The van der Waals surface area contributed by atoms with Gasteiger partial charge >= 0.3 is 5.97 Å². The molecule has 0 amide bonds. The molecule has 0 unspecified atom stereocenters. The molecular weight excluding hydrogens is 290 g/mol. The molecule has 0 radical (unpaired) electrons. The van der Waals surface area contributed by atoms with Crippen LogP contribution in [0.1, 0.15) is 35.2 Å². The molecule has 2 rings (SSSR count). The van der Waals surface area contributed by atoms with E-state index in [-0.39, 0.29) is 16.2 Å². The second-order valence-corrected chi connectivity index (χ2v) is 7.61. The molecule has 21 heavy (non-hydrogen) atoms. The standard InChI is InChI=1S/C15H21NO4S/c1-12-5-6-13(11-14(12)15(17)18)21(19,20)10-4-9-16-7-2-3-8-16/h5-6,11H,2-4,7-10H2,1H3,(H,17,18). The molecule has 1 aliphatic heterocycles. The van der Waals surface area contributed by atoms with Crippen LogP contribution in [-0.2, 0) is 9.84 Å². The van der Waals surface area contributed by atoms with Crippen molar-refractivity contribution in [2.75, 3.05) is 25.4 Å². The third-order valence-corrected chi connectivity index (χ3v) is 5.68. The van der Waals surface area contributed by atoms with Gasteiger partial charge in [-0.25, -0.2) is 13.2 Å². The molecule has 6 heteroatoms. The topological polar surface area (TPSA) is 74.7 Å². The Hall–Kier alpha value is -1.40. The van der Waals surface area contributed by atoms with Crippen molar-refractivity contribution in [2.45, 2.75) is 31.1 Å². The van der Waals surface area contributed by atoms with E-state index in [0.717, 1.165) is 19.6 Å². The summed E-state index contributed by atoms with van der Waals surface area (Å²) in [5.74, 6) is -1.03. The zero-order valence-corrected chi connectivity index (χ0v) is 13.0. The van der Waals surface area contributed by atoms with Crippen LogP contribution in [0.3, 0.4) is 0 Å². The fraction of sp³-hybridized carbons (Fsp3) is 0.533. The van der Waals surface area contributed by atoms with Crippen LogP contribution in [0.5, 0.6) is 0 Å². The fourth-order valence-corrected chi connectivity index (χ4v) is 3.94. The maximum absolute atomic E-state index is 12.3. The highest BCUT2D eigenvalue weighted by atomic mass is 32.2. The highest BCUT2D eigenvalue weighted by molar-refractivity contribution is 7.91. The van der Waals surface area contributed by atoms with E-state index in [4.69, 9.17) is 5.11 Å². The number of nitrogens with zero attached hydrogens (tertiary/aromatic N) is 1. The van der Waals surface area contributed by atoms with Crippen molar-refractivity contribution in [1.29, 1.82) is 0 Å². The van der Waals surface area contributed by atoms with Gasteiger partial charge in [0.05, 0.1) is 16.2 Å². The molecule has 0 saturated carbocycles. The van der Waals surface area contributed by atoms with Crippen molar-refractivity contribution in [2.24, 2.45) is 0 Å². The predicted octanol–water partition coefficient (Wildman–Crippen LogP) is 1.95. The summed E-state index contributed by atoms with van der Waals surface area (Å²) in [7, 11) is -3.41. The summed E-state index contributed by atoms with van der Waals surface area (Å²) in [6, 6.07) is 4.31. The molecule has 1 aromatic rings. The molecule has 1 saturated heterocycles. The molecule has 116 valence electrons. The van der Waals surface area contributed by atoms with E-state index in [0.29, 0.717) is 12.0 Å². The molecular formula is C15H21NO4S. The number of hydrogen-bond acceptors (Lipinski definition) is 4. The largest absolute Gasteiger partial charge is 0.478 e. The third kappa shape index (κ3) is 4.04. The van der Waals surface area contributed by atoms with Crippen LogP contribution in [0.15, 0.2) is 23.1 Å². The van der Waals surface area contributed by atoms with E-state index in [1.807, 2.05) is 0 Å². The Morgan fingerprint density at radius 2 is 1.95 bits per heavy atom. The molecule has 1 heterocycles. The predicted molar refractivity (Wildman–Crippen MR) is 80.5 cm³/mol. The van der Waals surface area contributed by atoms with Crippen molar-refractivity contribution in [3.8, 4) is 0 Å². The lowest BCUT2D eigenvalue weighted by molar-refractivity contribution is 0.0696. The zero-order chi connectivity index (χ0) is 15.5. The van der Waals surface area contributed by atoms with Gasteiger partial charge in [0.1, 0.15) is 0 Å². The molecule has 0 aliphatic carbocycles. The van der Waals surface area contributed by atoms with Crippen LogP contribution in [0, 0.1) is 6.92 Å². The SMILES string of the molecule is Cc1ccc(S(=O)(=O)CCCN2CCCC2)cc1C(=O)O. The minimum Gasteiger partial charge on any atom is -0.478 e. The summed E-state index contributed by atoms with van der Waals surface area (Å²) in [5.41, 5.74) is 0.620. The normalized spacial score (nSPS) is 16.2. The van der Waals surface area contributed by atoms with Crippen molar-refractivity contribution in [3.05, 3.63) is 29.3 Å². The van der Waals surface area contributed by atoms with Crippen LogP contribution in [-0.4, -0.2) is 49.8 Å². The molecule has 1 fully saturated rings. The molecule has 0 aromatic heterocycles. The quantitative estimate of drug-likeness (QED) is 0.869. The molecule has 1 aromatic carbocycles. The van der Waals surface area contributed by atoms with Gasteiger partial charge in [0, 0.05) is 0 Å². The lowest BCUT2D eigenvalue weighted by Gasteiger charge is -2.14. The van der Waals surface area contributed by atoms with E-state index >= 15 is 0 Å². The van der Waals surface area contributed by atoms with Crippen molar-refractivity contribution in [1.82, 2.24) is 4.90 Å². The monoisotopic (exact) mass is 311 g/mol. The van der Waals surface area contributed by atoms with E-state index in [9.17, 15) is 13.2 Å². The number of sulfone groups is 1. The maximum atomic E-state index is 12.3. The summed E-state index contributed by atoms with van der Waals surface area (Å²) in [5, 5.41) is 9.07. The number of aryl methyl sites for hydroxylation is 1. The van der Waals surface area contributed by atoms with Gasteiger partial charge in [0.2, 0.25) is 0 Å².